The molecule has 1 heterocycles. The molecule has 0 atom stereocenters. The Kier molecular flexibility index (Phi) is 6.29. The number of methoxy groups -OCH3 is 1. The third-order valence-electron chi connectivity index (χ3n) is 3.44. The van der Waals surface area contributed by atoms with Gasteiger partial charge in [0.25, 0.3) is 0 Å². The van der Waals surface area contributed by atoms with Crippen molar-refractivity contribution in [3.63, 3.8) is 0 Å². The molecular formula is C15H22ClN3O2. The molecule has 0 bridgehead atoms. The fourth-order valence-electron chi connectivity index (χ4n) is 2.41. The Hall–Kier alpha value is -1.30. The van der Waals surface area contributed by atoms with E-state index in [4.69, 9.17) is 16.3 Å². The normalized spacial score (nSPS) is 15.7. The first-order chi connectivity index (χ1) is 10.2. The van der Waals surface area contributed by atoms with Gasteiger partial charge in [-0.15, -0.1) is 0 Å². The molecule has 5 nitrogen and oxygen atoms in total. The lowest BCUT2D eigenvalue weighted by molar-refractivity contribution is -0.119. The summed E-state index contributed by atoms with van der Waals surface area (Å²) in [6.45, 7) is 4.16. The quantitative estimate of drug-likeness (QED) is 0.780. The minimum absolute atomic E-state index is 0.0701. The van der Waals surface area contributed by atoms with Crippen LogP contribution in [0, 0.1) is 0 Å². The number of rotatable bonds is 6. The molecule has 1 aliphatic rings. The van der Waals surface area contributed by atoms with Gasteiger partial charge in [0.2, 0.25) is 5.91 Å². The van der Waals surface area contributed by atoms with Gasteiger partial charge in [-0.05, 0) is 30.2 Å². The number of nitrogens with one attached hydrogen (secondary N) is 2. The molecule has 2 rings (SSSR count). The second kappa shape index (κ2) is 8.22. The van der Waals surface area contributed by atoms with Crippen LogP contribution < -0.4 is 15.5 Å². The van der Waals surface area contributed by atoms with E-state index in [1.165, 1.54) is 0 Å². The van der Waals surface area contributed by atoms with E-state index in [0.717, 1.165) is 37.3 Å². The molecule has 116 valence electrons. The van der Waals surface area contributed by atoms with Gasteiger partial charge in [0, 0.05) is 44.0 Å². The molecule has 1 aliphatic heterocycles. The van der Waals surface area contributed by atoms with Gasteiger partial charge in [0.1, 0.15) is 0 Å². The van der Waals surface area contributed by atoms with E-state index in [2.05, 4.69) is 15.5 Å². The number of anilines is 1. The van der Waals surface area contributed by atoms with Crippen molar-refractivity contribution >= 4 is 23.2 Å². The molecule has 0 saturated carbocycles. The third kappa shape index (κ3) is 4.88. The van der Waals surface area contributed by atoms with Crippen molar-refractivity contribution < 1.29 is 9.53 Å². The first kappa shape index (κ1) is 16.1. The number of hydrogen-bond acceptors (Lipinski definition) is 4. The van der Waals surface area contributed by atoms with Crippen LogP contribution in [0.5, 0.6) is 0 Å². The SMILES string of the molecule is COCCNCc1cc(Cl)ccc1N1CCCNC(=O)C1. The second-order valence-electron chi connectivity index (χ2n) is 5.07. The number of amides is 1. The van der Waals surface area contributed by atoms with Crippen molar-refractivity contribution in [3.8, 4) is 0 Å². The summed E-state index contributed by atoms with van der Waals surface area (Å²) in [7, 11) is 1.68. The molecule has 1 amide bonds. The van der Waals surface area contributed by atoms with E-state index in [1.807, 2.05) is 18.2 Å². The number of carbonyl (C=O) groups excluding carboxylic acids is 1. The van der Waals surface area contributed by atoms with Gasteiger partial charge in [-0.3, -0.25) is 4.79 Å². The lowest BCUT2D eigenvalue weighted by Crippen LogP contribution is -2.34. The molecule has 1 saturated heterocycles. The Morgan fingerprint density at radius 2 is 2.33 bits per heavy atom. The predicted octanol–water partition coefficient (Wildman–Crippen LogP) is 1.40. The van der Waals surface area contributed by atoms with Crippen LogP contribution in [-0.4, -0.2) is 45.8 Å². The van der Waals surface area contributed by atoms with Crippen LogP contribution in [0.4, 0.5) is 5.69 Å². The van der Waals surface area contributed by atoms with Crippen LogP contribution in [0.15, 0.2) is 18.2 Å². The zero-order valence-corrected chi connectivity index (χ0v) is 13.1. The topological polar surface area (TPSA) is 53.6 Å². The smallest absolute Gasteiger partial charge is 0.239 e. The highest BCUT2D eigenvalue weighted by Gasteiger charge is 2.17. The maximum atomic E-state index is 11.7. The highest BCUT2D eigenvalue weighted by Crippen LogP contribution is 2.25. The van der Waals surface area contributed by atoms with Crippen molar-refractivity contribution in [2.75, 3.05) is 44.8 Å². The molecule has 0 spiro atoms. The summed E-state index contributed by atoms with van der Waals surface area (Å²) in [6.07, 6.45) is 0.949. The van der Waals surface area contributed by atoms with Crippen molar-refractivity contribution in [2.45, 2.75) is 13.0 Å². The molecule has 1 aromatic carbocycles. The van der Waals surface area contributed by atoms with Crippen molar-refractivity contribution in [1.82, 2.24) is 10.6 Å². The maximum Gasteiger partial charge on any atom is 0.239 e. The van der Waals surface area contributed by atoms with Crippen LogP contribution in [0.2, 0.25) is 5.02 Å². The van der Waals surface area contributed by atoms with Crippen LogP contribution in [0.25, 0.3) is 0 Å². The van der Waals surface area contributed by atoms with Gasteiger partial charge >= 0.3 is 0 Å². The Bertz CT molecular complexity index is 482. The van der Waals surface area contributed by atoms with E-state index < -0.39 is 0 Å². The predicted molar refractivity (Wildman–Crippen MR) is 84.9 cm³/mol. The largest absolute Gasteiger partial charge is 0.383 e. The molecular weight excluding hydrogens is 290 g/mol. The minimum Gasteiger partial charge on any atom is -0.383 e. The number of benzene rings is 1. The van der Waals surface area contributed by atoms with E-state index in [0.29, 0.717) is 24.7 Å². The highest BCUT2D eigenvalue weighted by molar-refractivity contribution is 6.30. The van der Waals surface area contributed by atoms with Crippen molar-refractivity contribution in [3.05, 3.63) is 28.8 Å². The summed E-state index contributed by atoms with van der Waals surface area (Å²) in [5.74, 6) is 0.0701. The number of carbonyl (C=O) groups is 1. The fourth-order valence-corrected chi connectivity index (χ4v) is 2.61. The van der Waals surface area contributed by atoms with E-state index in [-0.39, 0.29) is 5.91 Å². The average Bonchev–Trinajstić information content (AvgIpc) is 2.68. The summed E-state index contributed by atoms with van der Waals surface area (Å²) < 4.78 is 5.03. The summed E-state index contributed by atoms with van der Waals surface area (Å²) in [5.41, 5.74) is 2.18. The van der Waals surface area contributed by atoms with Gasteiger partial charge in [0.05, 0.1) is 13.2 Å². The second-order valence-corrected chi connectivity index (χ2v) is 5.50. The molecule has 1 fully saturated rings. The summed E-state index contributed by atoms with van der Waals surface area (Å²) in [6, 6.07) is 5.83. The van der Waals surface area contributed by atoms with Crippen molar-refractivity contribution in [1.29, 1.82) is 0 Å². The molecule has 6 heteroatoms. The Morgan fingerprint density at radius 3 is 3.14 bits per heavy atom. The Balaban J connectivity index is 2.11. The molecule has 2 N–H and O–H groups in total. The van der Waals surface area contributed by atoms with E-state index in [1.54, 1.807) is 7.11 Å². The summed E-state index contributed by atoms with van der Waals surface area (Å²) in [4.78, 5) is 13.9. The molecule has 21 heavy (non-hydrogen) atoms. The van der Waals surface area contributed by atoms with Gasteiger partial charge in [-0.1, -0.05) is 11.6 Å². The lowest BCUT2D eigenvalue weighted by Gasteiger charge is -2.24. The summed E-state index contributed by atoms with van der Waals surface area (Å²) >= 11 is 6.11. The molecule has 0 aliphatic carbocycles. The zero-order chi connectivity index (χ0) is 15.1. The fraction of sp³-hybridized carbons (Fsp3) is 0.533. The molecule has 0 aromatic heterocycles. The number of nitrogens with zero attached hydrogens (tertiary/aromatic N) is 1. The monoisotopic (exact) mass is 311 g/mol. The number of halogens is 1. The highest BCUT2D eigenvalue weighted by atomic mass is 35.5. The van der Waals surface area contributed by atoms with Gasteiger partial charge in [0.15, 0.2) is 0 Å². The molecule has 0 unspecified atom stereocenters. The number of ether oxygens (including phenoxy) is 1. The van der Waals surface area contributed by atoms with Crippen molar-refractivity contribution in [2.24, 2.45) is 0 Å². The van der Waals surface area contributed by atoms with Crippen LogP contribution in [0.3, 0.4) is 0 Å². The third-order valence-corrected chi connectivity index (χ3v) is 3.68. The van der Waals surface area contributed by atoms with Gasteiger partial charge in [-0.25, -0.2) is 0 Å². The minimum atomic E-state index is 0.0701. The molecule has 1 aromatic rings. The lowest BCUT2D eigenvalue weighted by atomic mass is 10.1. The van der Waals surface area contributed by atoms with E-state index in [9.17, 15) is 4.79 Å². The van der Waals surface area contributed by atoms with E-state index >= 15 is 0 Å². The first-order valence-electron chi connectivity index (χ1n) is 7.20. The zero-order valence-electron chi connectivity index (χ0n) is 12.3. The molecule has 0 radical (unpaired) electrons. The average molecular weight is 312 g/mol. The Morgan fingerprint density at radius 1 is 1.48 bits per heavy atom. The van der Waals surface area contributed by atoms with Gasteiger partial charge in [-0.2, -0.15) is 0 Å². The van der Waals surface area contributed by atoms with Gasteiger partial charge < -0.3 is 20.3 Å². The Labute approximate surface area is 130 Å². The number of hydrogen-bond donors (Lipinski definition) is 2. The van der Waals surface area contributed by atoms with Crippen LogP contribution in [-0.2, 0) is 16.1 Å². The summed E-state index contributed by atoms with van der Waals surface area (Å²) in [5, 5.41) is 6.93. The van der Waals surface area contributed by atoms with Crippen LogP contribution in [0.1, 0.15) is 12.0 Å². The maximum absolute atomic E-state index is 11.7. The first-order valence-corrected chi connectivity index (χ1v) is 7.58. The van der Waals surface area contributed by atoms with Crippen LogP contribution >= 0.6 is 11.6 Å². The standard InChI is InChI=1S/C15H22ClN3O2/c1-21-8-6-17-10-12-9-13(16)3-4-14(12)19-7-2-5-18-15(20)11-19/h3-4,9,17H,2,5-8,10-11H2,1H3,(H,18,20).